The second kappa shape index (κ2) is 15.2. The van der Waals surface area contributed by atoms with Gasteiger partial charge in [-0.1, -0.05) is 105 Å². The molecule has 0 saturated heterocycles. The Kier molecular flexibility index (Phi) is 11.1. The quantitative estimate of drug-likeness (QED) is 0.205. The van der Waals surface area contributed by atoms with E-state index in [4.69, 9.17) is 0 Å². The maximum atomic E-state index is 14.4. The third-order valence-corrected chi connectivity index (χ3v) is 9.05. The van der Waals surface area contributed by atoms with Crippen LogP contribution in [0.25, 0.3) is 0 Å². The fourth-order valence-corrected chi connectivity index (χ4v) is 6.28. The number of hydrogen-bond acceptors (Lipinski definition) is 4. The Morgan fingerprint density at radius 3 is 1.84 bits per heavy atom. The summed E-state index contributed by atoms with van der Waals surface area (Å²) in [7, 11) is -4.11. The van der Waals surface area contributed by atoms with Crippen molar-refractivity contribution in [2.24, 2.45) is 0 Å². The number of nitrogens with one attached hydrogen (secondary N) is 1. The van der Waals surface area contributed by atoms with E-state index in [2.05, 4.69) is 5.32 Å². The lowest BCUT2D eigenvalue weighted by molar-refractivity contribution is -0.140. The molecule has 2 amide bonds. The Labute approximate surface area is 255 Å². The van der Waals surface area contributed by atoms with Gasteiger partial charge in [0.05, 0.1) is 10.6 Å². The molecular weight excluding hydrogens is 558 g/mol. The van der Waals surface area contributed by atoms with Crippen molar-refractivity contribution in [3.63, 3.8) is 0 Å². The Bertz CT molecular complexity index is 1560. The lowest BCUT2D eigenvalue weighted by atomic mass is 10.0. The maximum Gasteiger partial charge on any atom is 0.264 e. The number of benzene rings is 4. The van der Waals surface area contributed by atoms with Crippen LogP contribution < -0.4 is 9.62 Å². The van der Waals surface area contributed by atoms with Gasteiger partial charge in [-0.2, -0.15) is 0 Å². The summed E-state index contributed by atoms with van der Waals surface area (Å²) in [5.74, 6) is -0.754. The minimum absolute atomic E-state index is 0.0819. The number of hydrogen-bond donors (Lipinski definition) is 1. The number of aryl methyl sites for hydroxylation is 1. The van der Waals surface area contributed by atoms with Crippen molar-refractivity contribution in [3.05, 3.63) is 132 Å². The standard InChI is InChI=1S/C35H39N3O4S/c1-3-24-36-35(40)33(25-29-14-8-5-9-15-29)37(26-30-16-10-6-11-17-30)34(39)27-38(31-22-20-28(4-2)21-23-31)43(41,42)32-18-12-7-13-19-32/h5-23,33H,3-4,24-27H2,1-2H3,(H,36,40). The van der Waals surface area contributed by atoms with Crippen LogP contribution in [0.1, 0.15) is 37.0 Å². The zero-order valence-corrected chi connectivity index (χ0v) is 25.5. The van der Waals surface area contributed by atoms with Gasteiger partial charge in [0.15, 0.2) is 0 Å². The van der Waals surface area contributed by atoms with Crippen LogP contribution in [-0.4, -0.2) is 44.3 Å². The van der Waals surface area contributed by atoms with Crippen molar-refractivity contribution in [2.45, 2.75) is 50.6 Å². The average Bonchev–Trinajstić information content (AvgIpc) is 3.05. The predicted octanol–water partition coefficient (Wildman–Crippen LogP) is 5.61. The number of amides is 2. The van der Waals surface area contributed by atoms with Crippen molar-refractivity contribution < 1.29 is 18.0 Å². The molecule has 0 aromatic heterocycles. The molecule has 4 aromatic rings. The number of anilines is 1. The predicted molar refractivity (Wildman–Crippen MR) is 171 cm³/mol. The van der Waals surface area contributed by atoms with Gasteiger partial charge in [-0.15, -0.1) is 0 Å². The first-order valence-corrected chi connectivity index (χ1v) is 16.1. The van der Waals surface area contributed by atoms with Crippen LogP contribution in [0, 0.1) is 0 Å². The summed E-state index contributed by atoms with van der Waals surface area (Å²) in [5.41, 5.74) is 3.16. The fraction of sp³-hybridized carbons (Fsp3) is 0.257. The second-order valence-corrected chi connectivity index (χ2v) is 12.2. The van der Waals surface area contributed by atoms with E-state index in [0.29, 0.717) is 12.2 Å². The van der Waals surface area contributed by atoms with Crippen molar-refractivity contribution >= 4 is 27.5 Å². The Morgan fingerprint density at radius 1 is 0.721 bits per heavy atom. The van der Waals surface area contributed by atoms with Crippen molar-refractivity contribution in [3.8, 4) is 0 Å². The van der Waals surface area contributed by atoms with Gasteiger partial charge in [0.1, 0.15) is 12.6 Å². The monoisotopic (exact) mass is 597 g/mol. The van der Waals surface area contributed by atoms with Gasteiger partial charge in [0.2, 0.25) is 11.8 Å². The Morgan fingerprint density at radius 2 is 1.28 bits per heavy atom. The molecule has 7 nitrogen and oxygen atoms in total. The molecule has 0 aliphatic heterocycles. The molecule has 0 aliphatic rings. The zero-order valence-electron chi connectivity index (χ0n) is 24.7. The smallest absolute Gasteiger partial charge is 0.264 e. The minimum atomic E-state index is -4.11. The molecule has 0 fully saturated rings. The van der Waals surface area contributed by atoms with Crippen LogP contribution in [-0.2, 0) is 39.0 Å². The van der Waals surface area contributed by atoms with Crippen LogP contribution in [0.4, 0.5) is 5.69 Å². The zero-order chi connectivity index (χ0) is 30.7. The average molecular weight is 598 g/mol. The third-order valence-electron chi connectivity index (χ3n) is 7.26. The van der Waals surface area contributed by atoms with Gasteiger partial charge in [0.25, 0.3) is 10.0 Å². The van der Waals surface area contributed by atoms with Crippen LogP contribution in [0.3, 0.4) is 0 Å². The normalized spacial score (nSPS) is 11.9. The summed E-state index contributed by atoms with van der Waals surface area (Å²) >= 11 is 0. The molecule has 4 aromatic carbocycles. The summed E-state index contributed by atoms with van der Waals surface area (Å²) in [4.78, 5) is 29.6. The number of rotatable bonds is 14. The highest BCUT2D eigenvalue weighted by Crippen LogP contribution is 2.25. The summed E-state index contributed by atoms with van der Waals surface area (Å²) < 4.78 is 29.2. The molecular formula is C35H39N3O4S. The summed E-state index contributed by atoms with van der Waals surface area (Å²) in [5, 5.41) is 2.96. The Hall–Kier alpha value is -4.43. The van der Waals surface area contributed by atoms with Gasteiger partial charge in [0, 0.05) is 19.5 Å². The van der Waals surface area contributed by atoms with E-state index in [9.17, 15) is 18.0 Å². The van der Waals surface area contributed by atoms with E-state index < -0.39 is 28.5 Å². The van der Waals surface area contributed by atoms with E-state index in [1.807, 2.05) is 86.6 Å². The number of carbonyl (C=O) groups excluding carboxylic acids is 2. The van der Waals surface area contributed by atoms with Gasteiger partial charge in [-0.25, -0.2) is 8.42 Å². The van der Waals surface area contributed by atoms with Gasteiger partial charge < -0.3 is 10.2 Å². The lowest BCUT2D eigenvalue weighted by Crippen LogP contribution is -2.53. The molecule has 8 heteroatoms. The molecule has 1 unspecified atom stereocenters. The number of sulfonamides is 1. The highest BCUT2D eigenvalue weighted by Gasteiger charge is 2.34. The largest absolute Gasteiger partial charge is 0.354 e. The van der Waals surface area contributed by atoms with Crippen LogP contribution in [0.2, 0.25) is 0 Å². The van der Waals surface area contributed by atoms with E-state index in [1.165, 1.54) is 17.0 Å². The molecule has 0 saturated carbocycles. The van der Waals surface area contributed by atoms with Gasteiger partial charge >= 0.3 is 0 Å². The van der Waals surface area contributed by atoms with E-state index >= 15 is 0 Å². The molecule has 0 radical (unpaired) electrons. The van der Waals surface area contributed by atoms with Crippen molar-refractivity contribution in [1.29, 1.82) is 0 Å². The molecule has 43 heavy (non-hydrogen) atoms. The van der Waals surface area contributed by atoms with Gasteiger partial charge in [-0.3, -0.25) is 13.9 Å². The van der Waals surface area contributed by atoms with Crippen molar-refractivity contribution in [1.82, 2.24) is 10.2 Å². The molecule has 0 aliphatic carbocycles. The summed E-state index contributed by atoms with van der Waals surface area (Å²) in [6, 6.07) is 33.4. The van der Waals surface area contributed by atoms with Crippen molar-refractivity contribution in [2.75, 3.05) is 17.4 Å². The highest BCUT2D eigenvalue weighted by atomic mass is 32.2. The summed E-state index contributed by atoms with van der Waals surface area (Å²) in [6.07, 6.45) is 1.82. The van der Waals surface area contributed by atoms with Crippen LogP contribution in [0.15, 0.2) is 120 Å². The number of carbonyl (C=O) groups is 2. The van der Waals surface area contributed by atoms with Crippen LogP contribution in [0.5, 0.6) is 0 Å². The number of nitrogens with zero attached hydrogens (tertiary/aromatic N) is 2. The molecule has 1 atom stereocenters. The highest BCUT2D eigenvalue weighted by molar-refractivity contribution is 7.92. The van der Waals surface area contributed by atoms with E-state index in [-0.39, 0.29) is 23.8 Å². The topological polar surface area (TPSA) is 86.8 Å². The van der Waals surface area contributed by atoms with Crippen LogP contribution >= 0.6 is 0 Å². The van der Waals surface area contributed by atoms with Gasteiger partial charge in [-0.05, 0) is 53.8 Å². The first kappa shape index (κ1) is 31.5. The van der Waals surface area contributed by atoms with E-state index in [0.717, 1.165) is 33.8 Å². The second-order valence-electron chi connectivity index (χ2n) is 10.3. The molecule has 0 spiro atoms. The molecule has 4 rings (SSSR count). The summed E-state index contributed by atoms with van der Waals surface area (Å²) in [6.45, 7) is 4.13. The Balaban J connectivity index is 1.77. The van der Waals surface area contributed by atoms with E-state index in [1.54, 1.807) is 30.3 Å². The SMILES string of the molecule is CCCNC(=O)C(Cc1ccccc1)N(Cc1ccccc1)C(=O)CN(c1ccc(CC)cc1)S(=O)(=O)c1ccccc1. The third kappa shape index (κ3) is 8.32. The lowest BCUT2D eigenvalue weighted by Gasteiger charge is -2.34. The molecule has 0 bridgehead atoms. The minimum Gasteiger partial charge on any atom is -0.354 e. The molecule has 224 valence electrons. The first-order chi connectivity index (χ1) is 20.8. The fourth-order valence-electron chi connectivity index (χ4n) is 4.85. The molecule has 0 heterocycles. The maximum absolute atomic E-state index is 14.4. The molecule has 1 N–H and O–H groups in total. The first-order valence-electron chi connectivity index (χ1n) is 14.6.